The van der Waals surface area contributed by atoms with Crippen LogP contribution in [0.5, 0.6) is 11.5 Å². The first kappa shape index (κ1) is 31.8. The molecule has 16 aromatic carbocycles. The summed E-state index contributed by atoms with van der Waals surface area (Å²) in [5.41, 5.74) is -12.5. The van der Waals surface area contributed by atoms with Crippen molar-refractivity contribution in [2.45, 2.75) is 6.85 Å². The second-order valence-corrected chi connectivity index (χ2v) is 31.0. The van der Waals surface area contributed by atoms with Gasteiger partial charge in [0.25, 0.3) is 6.33 Å². The molecule has 3 heterocycles. The van der Waals surface area contributed by atoms with E-state index in [1.165, 1.54) is 28.8 Å². The van der Waals surface area contributed by atoms with Crippen LogP contribution in [0, 0.1) is 25.3 Å². The van der Waals surface area contributed by atoms with Crippen molar-refractivity contribution in [1.29, 1.82) is 0 Å². The molecule has 0 saturated heterocycles. The summed E-state index contributed by atoms with van der Waals surface area (Å²) >= 11 is 0. The maximum absolute atomic E-state index is 11.5. The molecule has 111 heavy (non-hydrogen) atoms. The van der Waals surface area contributed by atoms with E-state index < -0.39 is 462 Å². The first-order chi connectivity index (χ1) is 77.3. The summed E-state index contributed by atoms with van der Waals surface area (Å²) in [4.78, 5) is 4.66. The molecule has 5 nitrogen and oxygen atoms in total. The average Bonchev–Trinajstić information content (AvgIpc) is 0.763. The molecule has 530 valence electrons. The van der Waals surface area contributed by atoms with E-state index in [-0.39, 0.29) is 43.7 Å². The number of rotatable bonds is 18. The molecule has 0 bridgehead atoms. The van der Waals surface area contributed by atoms with Gasteiger partial charge < -0.3 is 13.9 Å². The van der Waals surface area contributed by atoms with Crippen LogP contribution in [0.15, 0.2) is 417 Å². The van der Waals surface area contributed by atoms with Crippen molar-refractivity contribution >= 4 is 90.5 Å². The minimum atomic E-state index is -6.99. The summed E-state index contributed by atoms with van der Waals surface area (Å²) in [6.45, 7) is -3.13. The minimum Gasteiger partial charge on any atom is -0.510 e. The molecule has 0 radical (unpaired) electrons. The van der Waals surface area contributed by atoms with Gasteiger partial charge >= 0.3 is 0 Å². The van der Waals surface area contributed by atoms with Crippen LogP contribution >= 0.6 is 0 Å². The van der Waals surface area contributed by atoms with E-state index in [4.69, 9.17) is 32.2 Å². The summed E-state index contributed by atoms with van der Waals surface area (Å²) in [6, 6.07) is -39.3. The number of nitrogens with zero attached hydrogens (tertiary/aromatic N) is 4. The molecule has 0 fully saturated rings. The largest absolute Gasteiger partial charge is 0.510 e. The van der Waals surface area contributed by atoms with Gasteiger partial charge in [0.15, 0.2) is 16.1 Å². The summed E-state index contributed by atoms with van der Waals surface area (Å²) in [5, 5.41) is -8.75. The number of imidazole rings is 1. The average molecular weight is 1690 g/mol. The predicted octanol–water partition coefficient (Wildman–Crippen LogP) is 19.0. The van der Waals surface area contributed by atoms with E-state index >= 15 is 0 Å². The van der Waals surface area contributed by atoms with Crippen molar-refractivity contribution in [1.82, 2.24) is 14.1 Å². The normalized spacial score (nSPS) is 18.6. The molecular weight excluding hydrogens is 1560 g/mol. The molecule has 0 saturated carbocycles. The predicted molar refractivity (Wildman–Crippen MR) is 459 cm³/mol. The van der Waals surface area contributed by atoms with Gasteiger partial charge in [-0.05, 0) is 145 Å². The Hall–Kier alpha value is -13.1. The van der Waals surface area contributed by atoms with Crippen molar-refractivity contribution in [2.75, 3.05) is 0 Å². The third-order valence-corrected chi connectivity index (χ3v) is 26.2. The minimum absolute atomic E-state index is 0. The number of hydrogen-bond acceptors (Lipinski definition) is 2. The molecule has 0 amide bonds. The molecule has 3 aromatic heterocycles. The first-order valence-corrected chi connectivity index (χ1v) is 37.0. The van der Waals surface area contributed by atoms with Gasteiger partial charge in [-0.15, -0.1) is 29.7 Å². The second-order valence-electron chi connectivity index (χ2n) is 24.0. The molecule has 19 aromatic rings. The van der Waals surface area contributed by atoms with Gasteiger partial charge in [0.2, 0.25) is 0 Å². The fourth-order valence-corrected chi connectivity index (χ4v) is 20.8. The SMILES string of the molecule is [2H]c1c([2H])c([2H])c(-c2cnc(-n3c4[c-]c(Oc5[c-]c(-n6[c-][n+](-c7c(-c8c([2H])c(-c9c([2H])c([2H])c([2H])c([2H])c9[2H])c([2H])c(-c9c([2H])c([2H])c([2H])c([2H])c9[2H])c8[2H])cccc7-c7c([2H])c([2H])c([2H])c([Si](c8c([2H])c([2H])c([2H])c([2H])c8[2H])(c8c([2H])c([2H])c([2H])c([2H])c8[2H])c8c([2H])c([2H])c([2H])c([2H])c8[2H])c7[2H])c7ccc([Si](c8c([2H])c([2H])c([2H])c([2H])c8[2H])(c8c([2H])c([2H])c([2H])c([2H])c8[2H])c8c([2H])c([2H])c([2H])c([2H])c8[2H])cc76)ccc5)ccc4c4ccccc43)cc2C([2H])([2H])[2H])c([2H])c1[2H].[Pt]. The smallest absolute Gasteiger partial charge is 0.268 e. The monoisotopic (exact) mass is 1690 g/mol. The van der Waals surface area contributed by atoms with Crippen LogP contribution in [0.25, 0.3) is 106 Å². The fraction of sp³-hybridized carbons (Fsp3) is 0.00971. The standard InChI is InChI=1S/C103H72N4OSi2.Pt/c1-74-64-102(104-72-97(74)77-38-15-4-16-39-77)107-98-59-30-29-56-95(98)96-62-60-84(70-100(96)107)108-83-42-32-41-82(69-83)105-73-106(99-63-61-92(71-101(99)105)110(88-49-23-8-24-50-88,89-51-25-9-26-52-89)90-53-27-10-28-54-90)103-93(57-33-58-94(103)81-66-79(75-34-11-2-12-35-75)65-80(67-81)76-36-13-3-14-37-76)78-40-31-55-91(68-78)109(85-43-17-5-18-44-85,86-45-19-6-20-46-86)87-47-21-7-22-48-87;/h2-68,71-72H,1H3;/q-2;/i1D3,2D,3D,4D,5D,6D,7D,8D,9D,10D,11D,12D,13D,14D,15D,16D,17D,18D,19D,20D,21D,22D,23D,24D,25D,26D,27D,28D,31D,34D,35D,36D,37D,38D,39D,40D,43D,44D,45D,46D,47D,48D,49D,50D,51D,52D,53D,54D,55D,65D,66D,67D,68D;. The Kier molecular flexibility index (Phi) is 8.64. The molecule has 0 atom stereocenters. The summed E-state index contributed by atoms with van der Waals surface area (Å²) in [7, 11) is -13.5. The Balaban J connectivity index is 0.0000176. The maximum Gasteiger partial charge on any atom is 0.268 e. The van der Waals surface area contributed by atoms with Crippen LogP contribution in [0.1, 0.15) is 81.0 Å². The number of fused-ring (bicyclic) bond motifs is 4. The van der Waals surface area contributed by atoms with Crippen molar-refractivity contribution in [2.24, 2.45) is 0 Å². The van der Waals surface area contributed by atoms with E-state index in [2.05, 4.69) is 23.4 Å². The van der Waals surface area contributed by atoms with E-state index in [0.717, 1.165) is 57.8 Å². The summed E-state index contributed by atoms with van der Waals surface area (Å²) in [5.74, 6) is -0.848. The zero-order valence-electron chi connectivity index (χ0n) is 111. The van der Waals surface area contributed by atoms with Crippen LogP contribution in [-0.4, -0.2) is 30.3 Å². The second kappa shape index (κ2) is 30.1. The maximum atomic E-state index is 11.5. The number of para-hydroxylation sites is 2. The Bertz CT molecular complexity index is 9380. The van der Waals surface area contributed by atoms with Gasteiger partial charge in [-0.2, -0.15) is 18.2 Å². The third-order valence-electron chi connectivity index (χ3n) is 18.0. The van der Waals surface area contributed by atoms with E-state index in [0.29, 0.717) is 16.3 Å². The van der Waals surface area contributed by atoms with Gasteiger partial charge in [-0.25, -0.2) is 4.98 Å². The first-order valence-electron chi connectivity index (χ1n) is 60.5. The molecule has 0 spiro atoms. The third kappa shape index (κ3) is 12.6. The molecule has 0 aliphatic carbocycles. The topological polar surface area (TPSA) is 35.9 Å². The van der Waals surface area contributed by atoms with Gasteiger partial charge in [0.1, 0.15) is 5.82 Å². The summed E-state index contributed by atoms with van der Waals surface area (Å²) in [6.07, 6.45) is 4.14. The van der Waals surface area contributed by atoms with Gasteiger partial charge in [0, 0.05) is 54.0 Å². The van der Waals surface area contributed by atoms with E-state index in [1.807, 2.05) is 0 Å². The number of benzene rings is 16. The van der Waals surface area contributed by atoms with Crippen LogP contribution in [0.2, 0.25) is 0 Å². The van der Waals surface area contributed by atoms with Crippen LogP contribution < -0.4 is 50.8 Å². The quantitative estimate of drug-likeness (QED) is 0.0371. The van der Waals surface area contributed by atoms with Crippen LogP contribution in [0.4, 0.5) is 0 Å². The van der Waals surface area contributed by atoms with Gasteiger partial charge in [-0.1, -0.05) is 356 Å². The van der Waals surface area contributed by atoms with Crippen molar-refractivity contribution in [3.8, 4) is 84.3 Å². The number of ether oxygens (including phenoxy) is 1. The van der Waals surface area contributed by atoms with Gasteiger partial charge in [0.05, 0.1) is 88.0 Å². The Labute approximate surface area is 741 Å². The number of aromatic nitrogens is 4. The van der Waals surface area contributed by atoms with Crippen LogP contribution in [-0.2, 0) is 21.1 Å². The molecular formula is C103H72N4OPtSi2-2. The van der Waals surface area contributed by atoms with Crippen LogP contribution in [0.3, 0.4) is 0 Å². The van der Waals surface area contributed by atoms with Crippen molar-refractivity contribution < 1.29 is 106 Å². The van der Waals surface area contributed by atoms with Crippen molar-refractivity contribution in [3.05, 3.63) is 441 Å². The molecule has 0 N–H and O–H groups in total. The molecule has 0 aliphatic heterocycles. The Morgan fingerprint density at radius 2 is 0.838 bits per heavy atom. The zero-order valence-corrected chi connectivity index (χ0v) is 60.6. The molecule has 8 heteroatoms. The fourth-order valence-electron chi connectivity index (χ4n) is 13.4. The van der Waals surface area contributed by atoms with E-state index in [1.54, 1.807) is 30.3 Å². The summed E-state index contributed by atoms with van der Waals surface area (Å²) < 4.78 is 537. The Morgan fingerprint density at radius 3 is 1.39 bits per heavy atom. The number of pyridine rings is 1. The van der Waals surface area contributed by atoms with Gasteiger partial charge in [-0.3, -0.25) is 4.57 Å². The molecule has 0 unspecified atom stereocenters. The molecule has 0 aliphatic rings. The number of aryl methyl sites for hydroxylation is 1. The Morgan fingerprint density at radius 1 is 0.369 bits per heavy atom. The number of hydrogen-bond donors (Lipinski definition) is 0. The van der Waals surface area contributed by atoms with Crippen molar-refractivity contribution in [3.63, 3.8) is 0 Å². The molecule has 19 rings (SSSR count). The zero-order chi connectivity index (χ0) is 121. The van der Waals surface area contributed by atoms with E-state index in [9.17, 15) is 48.0 Å².